The molecule has 0 spiro atoms. The van der Waals surface area contributed by atoms with Gasteiger partial charge in [-0.2, -0.15) is 4.68 Å². The van der Waals surface area contributed by atoms with E-state index in [-0.39, 0.29) is 23.0 Å². The summed E-state index contributed by atoms with van der Waals surface area (Å²) >= 11 is 0. The molecule has 146 valence electrons. The molecular formula is C16H13F2N5O4S. The maximum absolute atomic E-state index is 13.4. The van der Waals surface area contributed by atoms with Crippen molar-refractivity contribution in [3.05, 3.63) is 53.9 Å². The second kappa shape index (κ2) is 7.13. The molecule has 0 saturated heterocycles. The number of hydrogen-bond acceptors (Lipinski definition) is 7. The lowest BCUT2D eigenvalue weighted by Gasteiger charge is -2.18. The van der Waals surface area contributed by atoms with E-state index in [9.17, 15) is 17.2 Å². The van der Waals surface area contributed by atoms with Gasteiger partial charge in [-0.15, -0.1) is 5.10 Å². The molecule has 28 heavy (non-hydrogen) atoms. The molecule has 1 aliphatic rings. The molecule has 2 aromatic carbocycles. The third kappa shape index (κ3) is 3.51. The Hall–Kier alpha value is -3.12. The first-order chi connectivity index (χ1) is 13.4. The highest BCUT2D eigenvalue weighted by molar-refractivity contribution is 7.89. The standard InChI is InChI=1S/C16H13F2N5O4S/c17-12-3-1-10(7-13(12)18)23-16(20-21-22-23)9-19-28(24,25)11-2-4-14-15(8-11)27-6-5-26-14/h1-4,7-8,19H,5-6,9H2. The second-order valence-electron chi connectivity index (χ2n) is 5.74. The summed E-state index contributed by atoms with van der Waals surface area (Å²) in [6.45, 7) is 0.444. The van der Waals surface area contributed by atoms with Crippen molar-refractivity contribution in [2.24, 2.45) is 0 Å². The van der Waals surface area contributed by atoms with E-state index in [1.807, 2.05) is 0 Å². The average molecular weight is 409 g/mol. The van der Waals surface area contributed by atoms with E-state index in [1.54, 1.807) is 0 Å². The number of rotatable bonds is 5. The highest BCUT2D eigenvalue weighted by atomic mass is 32.2. The van der Waals surface area contributed by atoms with Gasteiger partial charge in [0.05, 0.1) is 17.1 Å². The van der Waals surface area contributed by atoms with Crippen LogP contribution in [0.3, 0.4) is 0 Å². The lowest BCUT2D eigenvalue weighted by atomic mass is 10.3. The molecule has 0 amide bonds. The first kappa shape index (κ1) is 18.3. The first-order valence-corrected chi connectivity index (χ1v) is 9.54. The number of nitrogens with zero attached hydrogens (tertiary/aromatic N) is 4. The molecule has 4 rings (SSSR count). The van der Waals surface area contributed by atoms with Gasteiger partial charge in [0.15, 0.2) is 29.0 Å². The normalized spacial score (nSPS) is 13.5. The van der Waals surface area contributed by atoms with Crippen LogP contribution in [0.15, 0.2) is 41.3 Å². The topological polar surface area (TPSA) is 108 Å². The van der Waals surface area contributed by atoms with Crippen LogP contribution in [0.2, 0.25) is 0 Å². The molecule has 3 aromatic rings. The van der Waals surface area contributed by atoms with Crippen LogP contribution in [-0.4, -0.2) is 41.8 Å². The third-order valence-corrected chi connectivity index (χ3v) is 5.32. The fourth-order valence-electron chi connectivity index (χ4n) is 2.57. The Morgan fingerprint density at radius 2 is 1.82 bits per heavy atom. The van der Waals surface area contributed by atoms with Crippen molar-refractivity contribution in [1.29, 1.82) is 0 Å². The van der Waals surface area contributed by atoms with E-state index < -0.39 is 21.7 Å². The van der Waals surface area contributed by atoms with Gasteiger partial charge >= 0.3 is 0 Å². The van der Waals surface area contributed by atoms with Gasteiger partial charge in [-0.25, -0.2) is 21.9 Å². The summed E-state index contributed by atoms with van der Waals surface area (Å²) in [5.41, 5.74) is 0.150. The van der Waals surface area contributed by atoms with Crippen molar-refractivity contribution in [2.75, 3.05) is 13.2 Å². The van der Waals surface area contributed by atoms with Crippen LogP contribution in [0, 0.1) is 11.6 Å². The second-order valence-corrected chi connectivity index (χ2v) is 7.50. The van der Waals surface area contributed by atoms with Crippen molar-refractivity contribution < 1.29 is 26.7 Å². The van der Waals surface area contributed by atoms with Crippen molar-refractivity contribution in [3.8, 4) is 17.2 Å². The van der Waals surface area contributed by atoms with Crippen molar-refractivity contribution >= 4 is 10.0 Å². The Labute approximate surface area is 157 Å². The van der Waals surface area contributed by atoms with Gasteiger partial charge in [-0.05, 0) is 34.7 Å². The van der Waals surface area contributed by atoms with Crippen LogP contribution < -0.4 is 14.2 Å². The van der Waals surface area contributed by atoms with Gasteiger partial charge in [0.1, 0.15) is 13.2 Å². The number of ether oxygens (including phenoxy) is 2. The summed E-state index contributed by atoms with van der Waals surface area (Å²) < 4.78 is 65.9. The largest absolute Gasteiger partial charge is 0.486 e. The number of hydrogen-bond donors (Lipinski definition) is 1. The number of fused-ring (bicyclic) bond motifs is 1. The Balaban J connectivity index is 1.55. The summed E-state index contributed by atoms with van der Waals surface area (Å²) in [6.07, 6.45) is 0. The first-order valence-electron chi connectivity index (χ1n) is 8.06. The molecule has 0 bridgehead atoms. The van der Waals surface area contributed by atoms with Gasteiger partial charge < -0.3 is 9.47 Å². The lowest BCUT2D eigenvalue weighted by molar-refractivity contribution is 0.171. The van der Waals surface area contributed by atoms with Crippen LogP contribution in [-0.2, 0) is 16.6 Å². The SMILES string of the molecule is O=S(=O)(NCc1nnnn1-c1ccc(F)c(F)c1)c1ccc2c(c1)OCCO2. The fraction of sp³-hybridized carbons (Fsp3) is 0.188. The van der Waals surface area contributed by atoms with Crippen LogP contribution >= 0.6 is 0 Å². The molecular weight excluding hydrogens is 396 g/mol. The molecule has 0 aliphatic carbocycles. The average Bonchev–Trinajstić information content (AvgIpc) is 3.17. The number of aromatic nitrogens is 4. The summed E-state index contributed by atoms with van der Waals surface area (Å²) in [4.78, 5) is -0.0244. The van der Waals surface area contributed by atoms with Gasteiger partial charge in [-0.1, -0.05) is 0 Å². The molecule has 9 nitrogen and oxygen atoms in total. The maximum atomic E-state index is 13.4. The molecule has 0 radical (unpaired) electrons. The van der Waals surface area contributed by atoms with Crippen LogP contribution in [0.25, 0.3) is 5.69 Å². The predicted molar refractivity (Wildman–Crippen MR) is 90.5 cm³/mol. The lowest BCUT2D eigenvalue weighted by Crippen LogP contribution is -2.25. The highest BCUT2D eigenvalue weighted by Gasteiger charge is 2.20. The molecule has 1 aliphatic heterocycles. The van der Waals surface area contributed by atoms with Crippen molar-refractivity contribution in [3.63, 3.8) is 0 Å². The summed E-state index contributed by atoms with van der Waals surface area (Å²) in [5, 5.41) is 10.9. The smallest absolute Gasteiger partial charge is 0.241 e. The minimum Gasteiger partial charge on any atom is -0.486 e. The molecule has 0 atom stereocenters. The van der Waals surface area contributed by atoms with Gasteiger partial charge in [0.25, 0.3) is 0 Å². The third-order valence-electron chi connectivity index (χ3n) is 3.93. The Morgan fingerprint density at radius 1 is 1.04 bits per heavy atom. The van der Waals surface area contributed by atoms with Crippen LogP contribution in [0.5, 0.6) is 11.5 Å². The van der Waals surface area contributed by atoms with E-state index in [0.29, 0.717) is 24.7 Å². The maximum Gasteiger partial charge on any atom is 0.241 e. The van der Waals surface area contributed by atoms with Gasteiger partial charge in [0.2, 0.25) is 10.0 Å². The summed E-state index contributed by atoms with van der Waals surface area (Å²) in [6, 6.07) is 7.35. The zero-order valence-corrected chi connectivity index (χ0v) is 15.0. The van der Waals surface area contributed by atoms with Crippen LogP contribution in [0.4, 0.5) is 8.78 Å². The molecule has 0 saturated carbocycles. The Morgan fingerprint density at radius 3 is 2.61 bits per heavy atom. The van der Waals surface area contributed by atoms with Gasteiger partial charge in [0, 0.05) is 12.1 Å². The van der Waals surface area contributed by atoms with E-state index >= 15 is 0 Å². The van der Waals surface area contributed by atoms with E-state index in [4.69, 9.17) is 9.47 Å². The monoisotopic (exact) mass is 409 g/mol. The Kier molecular flexibility index (Phi) is 4.65. The number of tetrazole rings is 1. The summed E-state index contributed by atoms with van der Waals surface area (Å²) in [5.74, 6) is -1.20. The van der Waals surface area contributed by atoms with E-state index in [0.717, 1.165) is 16.8 Å². The predicted octanol–water partition coefficient (Wildman–Crippen LogP) is 1.19. The highest BCUT2D eigenvalue weighted by Crippen LogP contribution is 2.32. The van der Waals surface area contributed by atoms with Crippen molar-refractivity contribution in [1.82, 2.24) is 24.9 Å². The van der Waals surface area contributed by atoms with Crippen LogP contribution in [0.1, 0.15) is 5.82 Å². The molecule has 2 heterocycles. The molecule has 0 unspecified atom stereocenters. The minimum atomic E-state index is -3.91. The zero-order valence-electron chi connectivity index (χ0n) is 14.2. The number of halogens is 2. The number of nitrogens with one attached hydrogen (secondary N) is 1. The fourth-order valence-corrected chi connectivity index (χ4v) is 3.56. The molecule has 1 N–H and O–H groups in total. The molecule has 12 heteroatoms. The quantitative estimate of drug-likeness (QED) is 0.674. The number of benzene rings is 2. The van der Waals surface area contributed by atoms with E-state index in [2.05, 4.69) is 20.2 Å². The molecule has 1 aromatic heterocycles. The van der Waals surface area contributed by atoms with Gasteiger partial charge in [-0.3, -0.25) is 0 Å². The zero-order chi connectivity index (χ0) is 19.7. The van der Waals surface area contributed by atoms with Crippen molar-refractivity contribution in [2.45, 2.75) is 11.4 Å². The Bertz CT molecular complexity index is 1140. The van der Waals surface area contributed by atoms with E-state index in [1.165, 1.54) is 24.3 Å². The summed E-state index contributed by atoms with van der Waals surface area (Å²) in [7, 11) is -3.91. The molecule has 0 fully saturated rings. The minimum absolute atomic E-state index is 0.0244. The number of sulfonamides is 1.